The molecule has 2 aliphatic heterocycles. The maximum Gasteiger partial charge on any atom is 0.254 e. The zero-order chi connectivity index (χ0) is 19.9. The molecule has 2 heterocycles. The van der Waals surface area contributed by atoms with Gasteiger partial charge in [-0.25, -0.2) is 12.7 Å². The fourth-order valence-electron chi connectivity index (χ4n) is 4.46. The molecule has 0 radical (unpaired) electrons. The summed E-state index contributed by atoms with van der Waals surface area (Å²) in [5.41, 5.74) is 1.66. The van der Waals surface area contributed by atoms with E-state index in [1.54, 1.807) is 35.7 Å². The molecule has 0 saturated carbocycles. The summed E-state index contributed by atoms with van der Waals surface area (Å²) >= 11 is 0. The number of amides is 1. The first-order valence-corrected chi connectivity index (χ1v) is 11.2. The Hall–Kier alpha value is -2.38. The Labute approximate surface area is 165 Å². The van der Waals surface area contributed by atoms with E-state index in [0.29, 0.717) is 30.9 Å². The minimum absolute atomic E-state index is 0.0307. The number of carbonyl (C=O) groups is 1. The Kier molecular flexibility index (Phi) is 4.89. The highest BCUT2D eigenvalue weighted by Gasteiger charge is 2.50. The van der Waals surface area contributed by atoms with E-state index in [4.69, 9.17) is 4.74 Å². The van der Waals surface area contributed by atoms with Gasteiger partial charge < -0.3 is 9.64 Å². The van der Waals surface area contributed by atoms with E-state index in [0.717, 1.165) is 5.56 Å². The van der Waals surface area contributed by atoms with E-state index in [1.807, 2.05) is 35.2 Å². The molecule has 148 valence electrons. The molecule has 2 fully saturated rings. The van der Waals surface area contributed by atoms with Crippen LogP contribution in [0.15, 0.2) is 54.6 Å². The molecule has 4 rings (SSSR count). The van der Waals surface area contributed by atoms with Crippen LogP contribution < -0.4 is 4.74 Å². The van der Waals surface area contributed by atoms with Crippen molar-refractivity contribution >= 4 is 15.9 Å². The van der Waals surface area contributed by atoms with Crippen molar-refractivity contribution < 1.29 is 17.9 Å². The standard InChI is InChI=1S/C21H24N2O4S/c1-27-18-10-8-16(9-11-18)21(24)23-13-17-12-22(28(2,25)26)14-19(17)20(23)15-6-4-3-5-7-15/h3-11,17,19-20H,12-14H2,1-2H3/t17-,19-,20+/m0/s1. The summed E-state index contributed by atoms with van der Waals surface area (Å²) < 4.78 is 30.8. The average Bonchev–Trinajstić information content (AvgIpc) is 3.26. The minimum atomic E-state index is -3.23. The number of ether oxygens (including phenoxy) is 1. The fourth-order valence-corrected chi connectivity index (χ4v) is 5.37. The lowest BCUT2D eigenvalue weighted by atomic mass is 9.89. The molecule has 0 aromatic heterocycles. The van der Waals surface area contributed by atoms with Crippen molar-refractivity contribution in [2.24, 2.45) is 11.8 Å². The van der Waals surface area contributed by atoms with Crippen LogP contribution in [0.4, 0.5) is 0 Å². The molecule has 2 saturated heterocycles. The summed E-state index contributed by atoms with van der Waals surface area (Å²) in [6.45, 7) is 1.48. The first kappa shape index (κ1) is 19.0. The maximum atomic E-state index is 13.3. The monoisotopic (exact) mass is 400 g/mol. The second-order valence-corrected chi connectivity index (χ2v) is 9.53. The number of carbonyl (C=O) groups excluding carboxylic acids is 1. The van der Waals surface area contributed by atoms with Crippen molar-refractivity contribution in [1.82, 2.24) is 9.21 Å². The van der Waals surface area contributed by atoms with Crippen molar-refractivity contribution in [1.29, 1.82) is 0 Å². The third-order valence-electron chi connectivity index (χ3n) is 5.84. The Morgan fingerprint density at radius 3 is 2.29 bits per heavy atom. The highest BCUT2D eigenvalue weighted by atomic mass is 32.2. The van der Waals surface area contributed by atoms with Gasteiger partial charge in [-0.2, -0.15) is 0 Å². The molecule has 2 aromatic rings. The number of fused-ring (bicyclic) bond motifs is 1. The van der Waals surface area contributed by atoms with Crippen molar-refractivity contribution in [3.63, 3.8) is 0 Å². The van der Waals surface area contributed by atoms with Crippen LogP contribution in [-0.2, 0) is 10.0 Å². The highest BCUT2D eigenvalue weighted by molar-refractivity contribution is 7.88. The first-order chi connectivity index (χ1) is 13.4. The number of likely N-dealkylation sites (tertiary alicyclic amines) is 1. The lowest BCUT2D eigenvalue weighted by Gasteiger charge is -2.29. The number of hydrogen-bond donors (Lipinski definition) is 0. The van der Waals surface area contributed by atoms with Crippen LogP contribution in [-0.4, -0.2) is 56.5 Å². The van der Waals surface area contributed by atoms with E-state index in [-0.39, 0.29) is 23.8 Å². The molecule has 7 heteroatoms. The molecular weight excluding hydrogens is 376 g/mol. The first-order valence-electron chi connectivity index (χ1n) is 9.33. The van der Waals surface area contributed by atoms with Crippen molar-refractivity contribution in [2.75, 3.05) is 33.0 Å². The molecule has 2 aromatic carbocycles. The Morgan fingerprint density at radius 1 is 1.00 bits per heavy atom. The minimum Gasteiger partial charge on any atom is -0.497 e. The van der Waals surface area contributed by atoms with Crippen LogP contribution in [0.3, 0.4) is 0 Å². The van der Waals surface area contributed by atoms with Gasteiger partial charge in [0.25, 0.3) is 5.91 Å². The Bertz CT molecular complexity index is 960. The van der Waals surface area contributed by atoms with Gasteiger partial charge >= 0.3 is 0 Å². The zero-order valence-corrected chi connectivity index (χ0v) is 16.8. The number of rotatable bonds is 4. The highest BCUT2D eigenvalue weighted by Crippen LogP contribution is 2.46. The summed E-state index contributed by atoms with van der Waals surface area (Å²) in [6, 6.07) is 16.9. The SMILES string of the molecule is COc1ccc(C(=O)N2C[C@@H]3CN(S(C)(=O)=O)C[C@@H]3[C@H]2c2ccccc2)cc1. The molecular formula is C21H24N2O4S. The predicted octanol–water partition coefficient (Wildman–Crippen LogP) is 2.40. The topological polar surface area (TPSA) is 66.9 Å². The van der Waals surface area contributed by atoms with Crippen LogP contribution >= 0.6 is 0 Å². The summed E-state index contributed by atoms with van der Waals surface area (Å²) in [4.78, 5) is 15.2. The van der Waals surface area contributed by atoms with E-state index in [1.165, 1.54) is 6.26 Å². The number of sulfonamides is 1. The van der Waals surface area contributed by atoms with Crippen LogP contribution in [0.1, 0.15) is 22.0 Å². The van der Waals surface area contributed by atoms with Gasteiger partial charge in [0.15, 0.2) is 0 Å². The van der Waals surface area contributed by atoms with Crippen molar-refractivity contribution in [3.8, 4) is 5.75 Å². The summed E-state index contributed by atoms with van der Waals surface area (Å²) in [7, 11) is -1.64. The van der Waals surface area contributed by atoms with E-state index in [2.05, 4.69) is 0 Å². The predicted molar refractivity (Wildman–Crippen MR) is 107 cm³/mol. The Balaban J connectivity index is 1.66. The molecule has 1 amide bonds. The van der Waals surface area contributed by atoms with Gasteiger partial charge in [-0.05, 0) is 35.7 Å². The third-order valence-corrected chi connectivity index (χ3v) is 7.07. The smallest absolute Gasteiger partial charge is 0.254 e. The fraction of sp³-hybridized carbons (Fsp3) is 0.381. The molecule has 0 spiro atoms. The van der Waals surface area contributed by atoms with Gasteiger partial charge in [0, 0.05) is 31.1 Å². The second kappa shape index (κ2) is 7.22. The lowest BCUT2D eigenvalue weighted by molar-refractivity contribution is 0.0709. The molecule has 3 atom stereocenters. The van der Waals surface area contributed by atoms with Gasteiger partial charge in [0.2, 0.25) is 10.0 Å². The normalized spacial score (nSPS) is 24.9. The zero-order valence-electron chi connectivity index (χ0n) is 16.0. The van der Waals surface area contributed by atoms with Crippen LogP contribution in [0, 0.1) is 11.8 Å². The second-order valence-electron chi connectivity index (χ2n) is 7.55. The largest absolute Gasteiger partial charge is 0.497 e. The molecule has 0 bridgehead atoms. The summed E-state index contributed by atoms with van der Waals surface area (Å²) in [6.07, 6.45) is 1.26. The third kappa shape index (κ3) is 3.40. The maximum absolute atomic E-state index is 13.3. The molecule has 2 aliphatic rings. The quantitative estimate of drug-likeness (QED) is 0.790. The number of hydrogen-bond acceptors (Lipinski definition) is 4. The van der Waals surface area contributed by atoms with Gasteiger partial charge in [0.05, 0.1) is 19.4 Å². The van der Waals surface area contributed by atoms with Crippen LogP contribution in [0.5, 0.6) is 5.75 Å². The summed E-state index contributed by atoms with van der Waals surface area (Å²) in [5.74, 6) is 0.913. The van der Waals surface area contributed by atoms with Gasteiger partial charge in [-0.1, -0.05) is 30.3 Å². The van der Waals surface area contributed by atoms with Crippen LogP contribution in [0.2, 0.25) is 0 Å². The van der Waals surface area contributed by atoms with Gasteiger partial charge in [0.1, 0.15) is 5.75 Å². The molecule has 0 unspecified atom stereocenters. The lowest BCUT2D eigenvalue weighted by Crippen LogP contribution is -2.37. The summed E-state index contributed by atoms with van der Waals surface area (Å²) in [5, 5.41) is 0. The van der Waals surface area contributed by atoms with E-state index < -0.39 is 10.0 Å². The van der Waals surface area contributed by atoms with E-state index >= 15 is 0 Å². The molecule has 0 aliphatic carbocycles. The number of benzene rings is 2. The van der Waals surface area contributed by atoms with Gasteiger partial charge in [-0.3, -0.25) is 4.79 Å². The average molecular weight is 401 g/mol. The van der Waals surface area contributed by atoms with E-state index in [9.17, 15) is 13.2 Å². The molecule has 6 nitrogen and oxygen atoms in total. The van der Waals surface area contributed by atoms with Gasteiger partial charge in [-0.15, -0.1) is 0 Å². The number of nitrogens with zero attached hydrogens (tertiary/aromatic N) is 2. The van der Waals surface area contributed by atoms with Crippen molar-refractivity contribution in [2.45, 2.75) is 6.04 Å². The molecule has 28 heavy (non-hydrogen) atoms. The number of methoxy groups -OCH3 is 1. The molecule has 0 N–H and O–H groups in total. The Morgan fingerprint density at radius 2 is 1.68 bits per heavy atom. The van der Waals surface area contributed by atoms with Crippen molar-refractivity contribution in [3.05, 3.63) is 65.7 Å². The van der Waals surface area contributed by atoms with Crippen LogP contribution in [0.25, 0.3) is 0 Å².